The second kappa shape index (κ2) is 16.1. The zero-order chi connectivity index (χ0) is 46.5. The molecular formula is C57H88P3-. The summed E-state index contributed by atoms with van der Waals surface area (Å²) in [6, 6.07) is 15.5. The lowest BCUT2D eigenvalue weighted by Crippen LogP contribution is -2.31. The molecule has 0 radical (unpaired) electrons. The lowest BCUT2D eigenvalue weighted by molar-refractivity contribution is 0.550. The van der Waals surface area contributed by atoms with Crippen LogP contribution in [0.4, 0.5) is 0 Å². The fourth-order valence-electron chi connectivity index (χ4n) is 8.22. The topological polar surface area (TPSA) is 0 Å². The van der Waals surface area contributed by atoms with Crippen LogP contribution in [0.15, 0.2) is 36.4 Å². The molecule has 0 nitrogen and oxygen atoms in total. The number of hydrogen-bond donors (Lipinski definition) is 0. The van der Waals surface area contributed by atoms with Gasteiger partial charge in [-0.3, -0.25) is 0 Å². The van der Waals surface area contributed by atoms with E-state index in [1.165, 1.54) is 83.3 Å². The van der Waals surface area contributed by atoms with Gasteiger partial charge in [-0.25, -0.2) is 0 Å². The summed E-state index contributed by atoms with van der Waals surface area (Å²) in [6.07, 6.45) is 0. The van der Waals surface area contributed by atoms with E-state index in [1.54, 1.807) is 15.4 Å². The number of benzene rings is 3. The van der Waals surface area contributed by atoms with Crippen molar-refractivity contribution in [2.45, 2.75) is 236 Å². The summed E-state index contributed by atoms with van der Waals surface area (Å²) < 4.78 is 0. The smallest absolute Gasteiger partial charge is 0.0243 e. The summed E-state index contributed by atoms with van der Waals surface area (Å²) in [5.41, 5.74) is 16.3. The van der Waals surface area contributed by atoms with Crippen LogP contribution in [0.3, 0.4) is 0 Å². The fraction of sp³-hybridized carbons (Fsp3) is 0.632. The van der Waals surface area contributed by atoms with Crippen LogP contribution in [0.1, 0.15) is 237 Å². The highest BCUT2D eigenvalue weighted by Gasteiger charge is 2.34. The summed E-state index contributed by atoms with van der Waals surface area (Å²) in [6.45, 7) is 65.4. The van der Waals surface area contributed by atoms with Crippen LogP contribution in [0.2, 0.25) is 0 Å². The SMILES string of the molecule is CC(C)(C)c1cc(C(C)(C)C)c([P-]c2pc(-c3c(C(C)(C)C)cc(C(C)(C)C)cc3C(C)(C)C)[pH]c2-c2c(C(C)(C)C)cc(C(C)(C)C)cc2C(C)(C)C)c(C(C)(C)C)c1. The molecule has 0 aliphatic carbocycles. The minimum atomic E-state index is -0.0429. The van der Waals surface area contributed by atoms with Gasteiger partial charge in [-0.1, -0.05) is 243 Å². The Morgan fingerprint density at radius 1 is 0.333 bits per heavy atom. The van der Waals surface area contributed by atoms with Gasteiger partial charge in [0.15, 0.2) is 0 Å². The fourth-order valence-corrected chi connectivity index (χ4v) is 14.3. The van der Waals surface area contributed by atoms with E-state index in [1.807, 2.05) is 0 Å². The molecule has 4 rings (SSSR count). The summed E-state index contributed by atoms with van der Waals surface area (Å²) in [4.78, 5) is 0. The van der Waals surface area contributed by atoms with Gasteiger partial charge in [0, 0.05) is 5.03 Å². The molecule has 1 unspecified atom stereocenters. The van der Waals surface area contributed by atoms with Crippen LogP contribution in [0.5, 0.6) is 0 Å². The monoisotopic (exact) mass is 866 g/mol. The van der Waals surface area contributed by atoms with Crippen molar-refractivity contribution >= 4 is 35.3 Å². The molecule has 0 bridgehead atoms. The van der Waals surface area contributed by atoms with E-state index < -0.39 is 0 Å². The van der Waals surface area contributed by atoms with E-state index in [9.17, 15) is 0 Å². The highest BCUT2D eigenvalue weighted by Crippen LogP contribution is 2.56. The second-order valence-corrected chi connectivity index (χ2v) is 31.7. The van der Waals surface area contributed by atoms with E-state index in [0.29, 0.717) is 8.19 Å². The zero-order valence-electron chi connectivity index (χ0n) is 43.9. The molecule has 0 N–H and O–H groups in total. The molecule has 3 heteroatoms. The minimum absolute atomic E-state index is 0.0161. The molecule has 0 saturated heterocycles. The number of rotatable bonds is 4. The predicted molar refractivity (Wildman–Crippen MR) is 280 cm³/mol. The summed E-state index contributed by atoms with van der Waals surface area (Å²) in [5.74, 6) is 0. The van der Waals surface area contributed by atoms with Gasteiger partial charge in [0.2, 0.25) is 0 Å². The molecule has 0 amide bonds. The van der Waals surface area contributed by atoms with Gasteiger partial charge in [-0.2, -0.15) is 10.3 Å². The van der Waals surface area contributed by atoms with Crippen molar-refractivity contribution in [1.82, 2.24) is 0 Å². The molecule has 1 heterocycles. The lowest BCUT2D eigenvalue weighted by Gasteiger charge is -2.40. The Hall–Kier alpha value is -1.70. The Morgan fingerprint density at radius 3 is 0.833 bits per heavy atom. The van der Waals surface area contributed by atoms with Crippen LogP contribution in [-0.4, -0.2) is 0 Å². The van der Waals surface area contributed by atoms with Crippen molar-refractivity contribution in [2.75, 3.05) is 0 Å². The first-order valence-electron chi connectivity index (χ1n) is 22.9. The van der Waals surface area contributed by atoms with Gasteiger partial charge in [0.1, 0.15) is 0 Å². The maximum Gasteiger partial charge on any atom is 0.0243 e. The Bertz CT molecular complexity index is 2100. The van der Waals surface area contributed by atoms with Crippen LogP contribution in [0.25, 0.3) is 21.4 Å². The van der Waals surface area contributed by atoms with Crippen molar-refractivity contribution in [3.05, 3.63) is 86.5 Å². The third kappa shape index (κ3) is 11.1. The molecule has 0 aliphatic heterocycles. The van der Waals surface area contributed by atoms with Gasteiger partial charge < -0.3 is 8.58 Å². The summed E-state index contributed by atoms with van der Waals surface area (Å²) >= 11 is 0. The maximum atomic E-state index is 2.60. The lowest BCUT2D eigenvalue weighted by atomic mass is 9.72. The first kappa shape index (κ1) is 50.9. The largest absolute Gasteiger partial charge is 0.466 e. The van der Waals surface area contributed by atoms with Gasteiger partial charge in [-0.05, 0) is 104 Å². The molecule has 332 valence electrons. The molecular weight excluding hydrogens is 778 g/mol. The van der Waals surface area contributed by atoms with Crippen LogP contribution in [0, 0.1) is 0 Å². The molecule has 1 atom stereocenters. The van der Waals surface area contributed by atoms with Gasteiger partial charge in [0.25, 0.3) is 0 Å². The van der Waals surface area contributed by atoms with Crippen molar-refractivity contribution in [2.24, 2.45) is 0 Å². The first-order chi connectivity index (χ1) is 26.4. The Morgan fingerprint density at radius 2 is 0.583 bits per heavy atom. The third-order valence-electron chi connectivity index (χ3n) is 12.2. The normalized spacial score (nSPS) is 14.8. The molecule has 1 aromatic heterocycles. The maximum absolute atomic E-state index is 2.60. The summed E-state index contributed by atoms with van der Waals surface area (Å²) in [5, 5.41) is 6.28. The van der Waals surface area contributed by atoms with Gasteiger partial charge >= 0.3 is 0 Å². The van der Waals surface area contributed by atoms with Crippen molar-refractivity contribution < 1.29 is 0 Å². The van der Waals surface area contributed by atoms with Gasteiger partial charge in [0.05, 0.1) is 0 Å². The van der Waals surface area contributed by atoms with Crippen LogP contribution < -0.4 is 10.3 Å². The minimum Gasteiger partial charge on any atom is -0.466 e. The Balaban J connectivity index is 2.40. The average molecular weight is 866 g/mol. The third-order valence-corrected chi connectivity index (χ3v) is 17.2. The van der Waals surface area contributed by atoms with E-state index in [-0.39, 0.29) is 48.7 Å². The standard InChI is InChI=1S/C57H88P3/c1-49(2,3)34-28-37(52(10,11)12)43(38(29-34)53(13,14)15)46-48(58-45-41(56(22,23)24)32-36(51(7,8)9)33-42(45)57(25,26)27)60-47(59-46)44-39(54(16,17)18)30-35(50(4,5)6)31-40(44)55(19,20)21/h28-33,59H,1-27H3/q-1. The van der Waals surface area contributed by atoms with Crippen LogP contribution in [-0.2, 0) is 48.7 Å². The summed E-state index contributed by atoms with van der Waals surface area (Å²) in [7, 11) is 3.30. The van der Waals surface area contributed by atoms with Crippen LogP contribution >= 0.6 is 25.0 Å². The molecule has 0 aliphatic rings. The molecule has 60 heavy (non-hydrogen) atoms. The highest BCUT2D eigenvalue weighted by atomic mass is 31.1. The van der Waals surface area contributed by atoms with E-state index in [4.69, 9.17) is 0 Å². The first-order valence-corrected chi connectivity index (χ1v) is 25.6. The Labute approximate surface area is 377 Å². The molecule has 3 aromatic carbocycles. The quantitative estimate of drug-likeness (QED) is 0.179. The van der Waals surface area contributed by atoms with E-state index in [2.05, 4.69) is 223 Å². The molecule has 0 saturated carbocycles. The average Bonchev–Trinajstić information content (AvgIpc) is 3.42. The molecule has 4 aromatic rings. The Kier molecular flexibility index (Phi) is 13.6. The second-order valence-electron chi connectivity index (χ2n) is 27.5. The molecule has 0 fully saturated rings. The van der Waals surface area contributed by atoms with Gasteiger partial charge in [-0.15, -0.1) is 8.19 Å². The van der Waals surface area contributed by atoms with Crippen molar-refractivity contribution in [3.63, 3.8) is 0 Å². The number of hydrogen-bond acceptors (Lipinski definition) is 0. The molecule has 0 spiro atoms. The predicted octanol–water partition coefficient (Wildman–Crippen LogP) is 18.2. The highest BCUT2D eigenvalue weighted by molar-refractivity contribution is 7.74. The van der Waals surface area contributed by atoms with Crippen molar-refractivity contribution in [1.29, 1.82) is 0 Å². The van der Waals surface area contributed by atoms with Crippen molar-refractivity contribution in [3.8, 4) is 21.4 Å². The van der Waals surface area contributed by atoms with E-state index >= 15 is 0 Å². The zero-order valence-corrected chi connectivity index (χ0v) is 46.6. The van der Waals surface area contributed by atoms with E-state index in [0.717, 1.165) is 0 Å².